The minimum absolute atomic E-state index is 0.0556. The van der Waals surface area contributed by atoms with E-state index in [1.807, 2.05) is 0 Å². The Labute approximate surface area is 82.8 Å². The Kier molecular flexibility index (Phi) is 2.54. The van der Waals surface area contributed by atoms with E-state index in [1.165, 1.54) is 0 Å². The van der Waals surface area contributed by atoms with Gasteiger partial charge in [0.25, 0.3) is 0 Å². The van der Waals surface area contributed by atoms with Gasteiger partial charge in [0.1, 0.15) is 0 Å². The predicted molar refractivity (Wildman–Crippen MR) is 46.4 cm³/mol. The molecule has 0 fully saturated rings. The summed E-state index contributed by atoms with van der Waals surface area (Å²) in [4.78, 5) is 0. The molecule has 0 saturated heterocycles. The molecule has 1 aliphatic carbocycles. The van der Waals surface area contributed by atoms with Crippen LogP contribution in [0.2, 0.25) is 0 Å². The summed E-state index contributed by atoms with van der Waals surface area (Å²) in [6, 6.07) is 0. The summed E-state index contributed by atoms with van der Waals surface area (Å²) in [5.41, 5.74) is -0.492. The van der Waals surface area contributed by atoms with Gasteiger partial charge in [-0.15, -0.1) is 0 Å². The third-order valence-electron chi connectivity index (χ3n) is 2.20. The second-order valence-corrected chi connectivity index (χ2v) is 4.78. The Morgan fingerprint density at radius 3 is 2.08 bits per heavy atom. The fourth-order valence-corrected chi connectivity index (χ4v) is 2.98. The first-order valence-electron chi connectivity index (χ1n) is 3.80. The summed E-state index contributed by atoms with van der Waals surface area (Å²) in [6.07, 6.45) is -6.34. The lowest BCUT2D eigenvalue weighted by Gasteiger charge is -2.41. The summed E-state index contributed by atoms with van der Waals surface area (Å²) >= 11 is 3.01. The van der Waals surface area contributed by atoms with Gasteiger partial charge in [-0.05, 0) is 21.9 Å². The molecular formula is C8H10BrF3O. The summed E-state index contributed by atoms with van der Waals surface area (Å²) in [5, 5.41) is 9.00. The number of hydrogen-bond acceptors (Lipinski definition) is 1. The first kappa shape index (κ1) is 11.0. The number of allylic oxidation sites excluding steroid dienone is 1. The van der Waals surface area contributed by atoms with Gasteiger partial charge in [0.15, 0.2) is 6.10 Å². The Morgan fingerprint density at radius 2 is 1.92 bits per heavy atom. The van der Waals surface area contributed by atoms with Crippen molar-refractivity contribution in [2.24, 2.45) is 5.41 Å². The van der Waals surface area contributed by atoms with E-state index in [2.05, 4.69) is 15.9 Å². The maximum Gasteiger partial charge on any atom is 0.418 e. The van der Waals surface area contributed by atoms with Gasteiger partial charge in [0.05, 0.1) is 0 Å². The standard InChI is InChI=1S/C8H10BrF3O/c1-7(2)3-4(9)5(7)6(13)8(10,11)12/h6,13H,3H2,1-2H3. The van der Waals surface area contributed by atoms with Gasteiger partial charge in [0, 0.05) is 0 Å². The molecular weight excluding hydrogens is 249 g/mol. The van der Waals surface area contributed by atoms with Gasteiger partial charge in [-0.3, -0.25) is 0 Å². The average molecular weight is 259 g/mol. The van der Waals surface area contributed by atoms with Gasteiger partial charge < -0.3 is 5.11 Å². The average Bonchev–Trinajstić information content (AvgIpc) is 1.82. The minimum Gasteiger partial charge on any atom is -0.379 e. The smallest absolute Gasteiger partial charge is 0.379 e. The van der Waals surface area contributed by atoms with E-state index in [1.54, 1.807) is 13.8 Å². The summed E-state index contributed by atoms with van der Waals surface area (Å²) in [6.45, 7) is 3.37. The van der Waals surface area contributed by atoms with Crippen LogP contribution in [0.4, 0.5) is 13.2 Å². The van der Waals surface area contributed by atoms with Crippen molar-refractivity contribution in [2.75, 3.05) is 0 Å². The first-order valence-corrected chi connectivity index (χ1v) is 4.59. The van der Waals surface area contributed by atoms with Gasteiger partial charge >= 0.3 is 6.18 Å². The van der Waals surface area contributed by atoms with Crippen molar-refractivity contribution in [3.63, 3.8) is 0 Å². The van der Waals surface area contributed by atoms with E-state index in [-0.39, 0.29) is 5.57 Å². The van der Waals surface area contributed by atoms with Crippen molar-refractivity contribution in [3.8, 4) is 0 Å². The van der Waals surface area contributed by atoms with E-state index in [0.717, 1.165) is 0 Å². The van der Waals surface area contributed by atoms with Gasteiger partial charge in [0.2, 0.25) is 0 Å². The quantitative estimate of drug-likeness (QED) is 0.767. The van der Waals surface area contributed by atoms with Crippen LogP contribution in [0.1, 0.15) is 20.3 Å². The molecule has 5 heteroatoms. The van der Waals surface area contributed by atoms with E-state index < -0.39 is 17.7 Å². The molecule has 1 rings (SSSR count). The largest absolute Gasteiger partial charge is 0.418 e. The molecule has 0 aromatic carbocycles. The van der Waals surface area contributed by atoms with Crippen LogP contribution in [0.15, 0.2) is 10.1 Å². The summed E-state index contributed by atoms with van der Waals surface area (Å²) in [7, 11) is 0. The Bertz CT molecular complexity index is 255. The third-order valence-corrected chi connectivity index (χ3v) is 2.91. The van der Waals surface area contributed by atoms with Crippen LogP contribution in [0.3, 0.4) is 0 Å². The highest BCUT2D eigenvalue weighted by Gasteiger charge is 2.50. The maximum absolute atomic E-state index is 12.1. The molecule has 1 atom stereocenters. The summed E-state index contributed by atoms with van der Waals surface area (Å²) in [5.74, 6) is 0. The van der Waals surface area contributed by atoms with Crippen molar-refractivity contribution >= 4 is 15.9 Å². The van der Waals surface area contributed by atoms with Crippen LogP contribution in [-0.4, -0.2) is 17.4 Å². The molecule has 13 heavy (non-hydrogen) atoms. The van der Waals surface area contributed by atoms with Crippen LogP contribution in [0.25, 0.3) is 0 Å². The van der Waals surface area contributed by atoms with E-state index >= 15 is 0 Å². The van der Waals surface area contributed by atoms with Crippen LogP contribution in [0.5, 0.6) is 0 Å². The van der Waals surface area contributed by atoms with Gasteiger partial charge in [-0.1, -0.05) is 29.8 Å². The van der Waals surface area contributed by atoms with Crippen LogP contribution in [0, 0.1) is 5.41 Å². The second-order valence-electron chi connectivity index (χ2n) is 3.82. The molecule has 76 valence electrons. The molecule has 1 N–H and O–H groups in total. The predicted octanol–water partition coefficient (Wildman–Crippen LogP) is 2.99. The highest BCUT2D eigenvalue weighted by Crippen LogP contribution is 2.52. The molecule has 0 heterocycles. The van der Waals surface area contributed by atoms with Crippen LogP contribution < -0.4 is 0 Å². The monoisotopic (exact) mass is 258 g/mol. The van der Waals surface area contributed by atoms with Crippen molar-refractivity contribution in [3.05, 3.63) is 10.1 Å². The molecule has 0 radical (unpaired) electrons. The highest BCUT2D eigenvalue weighted by atomic mass is 79.9. The molecule has 0 saturated carbocycles. The topological polar surface area (TPSA) is 20.2 Å². The molecule has 0 amide bonds. The summed E-state index contributed by atoms with van der Waals surface area (Å²) < 4.78 is 36.9. The van der Waals surface area contributed by atoms with Crippen LogP contribution in [-0.2, 0) is 0 Å². The number of aliphatic hydroxyl groups excluding tert-OH is 1. The minimum atomic E-state index is -4.56. The third kappa shape index (κ3) is 1.91. The first-order chi connectivity index (χ1) is 5.66. The zero-order valence-electron chi connectivity index (χ0n) is 7.24. The molecule has 0 aromatic rings. The lowest BCUT2D eigenvalue weighted by atomic mass is 9.69. The fraction of sp³-hybridized carbons (Fsp3) is 0.750. The molecule has 1 nitrogen and oxygen atoms in total. The second kappa shape index (κ2) is 2.98. The molecule has 1 aliphatic rings. The number of halogens is 4. The lowest BCUT2D eigenvalue weighted by molar-refractivity contribution is -0.196. The molecule has 0 spiro atoms. The van der Waals surface area contributed by atoms with E-state index in [0.29, 0.717) is 10.9 Å². The normalized spacial score (nSPS) is 24.2. The Balaban J connectivity index is 2.91. The highest BCUT2D eigenvalue weighted by molar-refractivity contribution is 9.11. The van der Waals surface area contributed by atoms with Gasteiger partial charge in [-0.25, -0.2) is 0 Å². The van der Waals surface area contributed by atoms with Crippen molar-refractivity contribution in [1.29, 1.82) is 0 Å². The number of rotatable bonds is 1. The number of alkyl halides is 3. The number of aliphatic hydroxyl groups is 1. The zero-order valence-corrected chi connectivity index (χ0v) is 8.83. The molecule has 1 unspecified atom stereocenters. The van der Waals surface area contributed by atoms with Crippen molar-refractivity contribution in [2.45, 2.75) is 32.5 Å². The van der Waals surface area contributed by atoms with Crippen molar-refractivity contribution < 1.29 is 18.3 Å². The molecule has 0 bridgehead atoms. The molecule has 0 aliphatic heterocycles. The Hall–Kier alpha value is -0.0300. The Morgan fingerprint density at radius 1 is 1.46 bits per heavy atom. The fourth-order valence-electron chi connectivity index (χ4n) is 1.52. The van der Waals surface area contributed by atoms with Gasteiger partial charge in [-0.2, -0.15) is 13.2 Å². The lowest BCUT2D eigenvalue weighted by Crippen LogP contribution is -2.41. The van der Waals surface area contributed by atoms with Crippen molar-refractivity contribution in [1.82, 2.24) is 0 Å². The SMILES string of the molecule is CC1(C)CC(Br)=C1C(O)C(F)(F)F. The van der Waals surface area contributed by atoms with Crippen LogP contribution >= 0.6 is 15.9 Å². The van der Waals surface area contributed by atoms with E-state index in [4.69, 9.17) is 5.11 Å². The maximum atomic E-state index is 12.1. The van der Waals surface area contributed by atoms with E-state index in [9.17, 15) is 13.2 Å². The number of hydrogen-bond donors (Lipinski definition) is 1. The molecule has 0 aromatic heterocycles. The zero-order chi connectivity index (χ0) is 10.4.